The second-order valence-corrected chi connectivity index (χ2v) is 6.53. The summed E-state index contributed by atoms with van der Waals surface area (Å²) >= 11 is 0. The lowest BCUT2D eigenvalue weighted by molar-refractivity contribution is 0.0816. The average molecular weight is 322 g/mol. The second kappa shape index (κ2) is 7.36. The molecule has 128 valence electrons. The van der Waals surface area contributed by atoms with Crippen molar-refractivity contribution in [1.82, 2.24) is 9.80 Å². The van der Waals surface area contributed by atoms with Crippen LogP contribution in [0.15, 0.2) is 18.2 Å². The average Bonchev–Trinajstić information content (AvgIpc) is 2.59. The first-order valence-corrected chi connectivity index (χ1v) is 8.53. The van der Waals surface area contributed by atoms with E-state index in [-0.39, 0.29) is 12.4 Å². The fourth-order valence-electron chi connectivity index (χ4n) is 3.69. The van der Waals surface area contributed by atoms with Crippen LogP contribution in [0.25, 0.3) is 0 Å². The van der Waals surface area contributed by atoms with Gasteiger partial charge in [0, 0.05) is 63.6 Å². The van der Waals surface area contributed by atoms with Crippen LogP contribution in [0.3, 0.4) is 0 Å². The van der Waals surface area contributed by atoms with E-state index in [4.69, 9.17) is 5.73 Å². The maximum Gasteiger partial charge on any atom is 0.140 e. The van der Waals surface area contributed by atoms with Gasteiger partial charge in [0.1, 0.15) is 12.4 Å². The minimum Gasteiger partial charge on any atom is -0.506 e. The maximum absolute atomic E-state index is 12.4. The van der Waals surface area contributed by atoms with Crippen molar-refractivity contribution in [3.63, 3.8) is 0 Å². The Labute approximate surface area is 137 Å². The number of phenols is 1. The van der Waals surface area contributed by atoms with E-state index in [9.17, 15) is 9.50 Å². The van der Waals surface area contributed by atoms with E-state index in [1.807, 2.05) is 6.07 Å². The summed E-state index contributed by atoms with van der Waals surface area (Å²) in [7, 11) is 0. The van der Waals surface area contributed by atoms with Gasteiger partial charge in [0.2, 0.25) is 0 Å². The quantitative estimate of drug-likeness (QED) is 0.650. The van der Waals surface area contributed by atoms with Crippen molar-refractivity contribution in [2.24, 2.45) is 0 Å². The molecular formula is C17H27FN4O. The van der Waals surface area contributed by atoms with Gasteiger partial charge in [-0.05, 0) is 25.0 Å². The highest BCUT2D eigenvalue weighted by atomic mass is 19.1. The zero-order valence-electron chi connectivity index (χ0n) is 13.6. The predicted octanol–water partition coefficient (Wildman–Crippen LogP) is 1.53. The molecule has 1 aromatic carbocycles. The molecule has 2 saturated heterocycles. The molecule has 0 atom stereocenters. The first kappa shape index (κ1) is 16.3. The number of aromatic hydroxyl groups is 1. The number of anilines is 2. The number of piperazine rings is 1. The van der Waals surface area contributed by atoms with Crippen LogP contribution in [0, 0.1) is 0 Å². The molecule has 6 heteroatoms. The Morgan fingerprint density at radius 3 is 2.39 bits per heavy atom. The molecule has 2 fully saturated rings. The normalized spacial score (nSPS) is 21.7. The number of rotatable bonds is 4. The number of hydrogen-bond acceptors (Lipinski definition) is 5. The van der Waals surface area contributed by atoms with E-state index in [1.54, 1.807) is 12.1 Å². The molecule has 0 aromatic heterocycles. The number of benzene rings is 1. The highest BCUT2D eigenvalue weighted by Gasteiger charge is 2.27. The van der Waals surface area contributed by atoms with Crippen LogP contribution in [0.4, 0.5) is 15.8 Å². The van der Waals surface area contributed by atoms with Crippen molar-refractivity contribution >= 4 is 11.4 Å². The molecule has 2 heterocycles. The van der Waals surface area contributed by atoms with Crippen LogP contribution >= 0.6 is 0 Å². The number of nitrogens with zero attached hydrogens (tertiary/aromatic N) is 3. The summed E-state index contributed by atoms with van der Waals surface area (Å²) in [5, 5.41) is 9.76. The van der Waals surface area contributed by atoms with Crippen LogP contribution < -0.4 is 10.6 Å². The number of nitrogen functional groups attached to an aromatic ring is 1. The SMILES string of the molecule is Nc1ccc(N2CCC(N3CCN(CCF)CC3)CC2)cc1O. The molecule has 2 aliphatic rings. The third-order valence-electron chi connectivity index (χ3n) is 5.17. The van der Waals surface area contributed by atoms with Gasteiger partial charge >= 0.3 is 0 Å². The second-order valence-electron chi connectivity index (χ2n) is 6.53. The number of phenolic OH excluding ortho intramolecular Hbond substituents is 1. The molecule has 0 bridgehead atoms. The van der Waals surface area contributed by atoms with Crippen molar-refractivity contribution in [1.29, 1.82) is 0 Å². The topological polar surface area (TPSA) is 56.0 Å². The first-order valence-electron chi connectivity index (χ1n) is 8.53. The summed E-state index contributed by atoms with van der Waals surface area (Å²) in [5.74, 6) is 0.161. The number of nitrogens with two attached hydrogens (primary N) is 1. The van der Waals surface area contributed by atoms with Crippen molar-refractivity contribution in [3.8, 4) is 5.75 Å². The molecule has 0 spiro atoms. The standard InChI is InChI=1S/C17H27FN4O/c18-5-8-20-9-11-22(12-10-20)14-3-6-21(7-4-14)15-1-2-16(19)17(23)13-15/h1-2,13-14,23H,3-12,19H2. The molecule has 5 nitrogen and oxygen atoms in total. The van der Waals surface area contributed by atoms with Gasteiger partial charge in [0.15, 0.2) is 0 Å². The number of hydrogen-bond donors (Lipinski definition) is 2. The molecule has 2 aliphatic heterocycles. The lowest BCUT2D eigenvalue weighted by Crippen LogP contribution is -2.53. The molecule has 3 N–H and O–H groups in total. The fraction of sp³-hybridized carbons (Fsp3) is 0.647. The van der Waals surface area contributed by atoms with E-state index in [0.717, 1.165) is 57.8 Å². The van der Waals surface area contributed by atoms with E-state index < -0.39 is 0 Å². The summed E-state index contributed by atoms with van der Waals surface area (Å²) in [6.45, 7) is 6.39. The minimum absolute atomic E-state index is 0.161. The zero-order chi connectivity index (χ0) is 16.2. The van der Waals surface area contributed by atoms with Gasteiger partial charge in [0.25, 0.3) is 0 Å². The summed E-state index contributed by atoms with van der Waals surface area (Å²) < 4.78 is 12.4. The number of alkyl halides is 1. The van der Waals surface area contributed by atoms with E-state index in [0.29, 0.717) is 18.3 Å². The summed E-state index contributed by atoms with van der Waals surface area (Å²) in [6, 6.07) is 6.12. The Balaban J connectivity index is 1.50. The van der Waals surface area contributed by atoms with Crippen molar-refractivity contribution in [2.75, 3.05) is 63.1 Å². The van der Waals surface area contributed by atoms with Crippen LogP contribution in [0.5, 0.6) is 5.75 Å². The van der Waals surface area contributed by atoms with Gasteiger partial charge in [-0.1, -0.05) is 0 Å². The number of halogens is 1. The molecule has 0 saturated carbocycles. The molecule has 0 aliphatic carbocycles. The third-order valence-corrected chi connectivity index (χ3v) is 5.17. The zero-order valence-corrected chi connectivity index (χ0v) is 13.6. The van der Waals surface area contributed by atoms with Gasteiger partial charge in [-0.3, -0.25) is 9.80 Å². The van der Waals surface area contributed by atoms with Gasteiger partial charge in [0.05, 0.1) is 5.69 Å². The van der Waals surface area contributed by atoms with Crippen LogP contribution in [-0.4, -0.2) is 73.4 Å². The van der Waals surface area contributed by atoms with Gasteiger partial charge in [-0.2, -0.15) is 0 Å². The van der Waals surface area contributed by atoms with Crippen molar-refractivity contribution in [3.05, 3.63) is 18.2 Å². The highest BCUT2D eigenvalue weighted by molar-refractivity contribution is 5.61. The van der Waals surface area contributed by atoms with Gasteiger partial charge in [-0.25, -0.2) is 4.39 Å². The van der Waals surface area contributed by atoms with Crippen LogP contribution in [-0.2, 0) is 0 Å². The van der Waals surface area contributed by atoms with Gasteiger partial charge in [-0.15, -0.1) is 0 Å². The largest absolute Gasteiger partial charge is 0.506 e. The van der Waals surface area contributed by atoms with Crippen molar-refractivity contribution < 1.29 is 9.50 Å². The lowest BCUT2D eigenvalue weighted by atomic mass is 10.0. The lowest BCUT2D eigenvalue weighted by Gasteiger charge is -2.43. The fourth-order valence-corrected chi connectivity index (χ4v) is 3.69. The van der Waals surface area contributed by atoms with Gasteiger partial charge < -0.3 is 15.7 Å². The minimum atomic E-state index is -0.243. The predicted molar refractivity (Wildman–Crippen MR) is 91.7 cm³/mol. The molecule has 1 aromatic rings. The smallest absolute Gasteiger partial charge is 0.140 e. The maximum atomic E-state index is 12.4. The van der Waals surface area contributed by atoms with Crippen molar-refractivity contribution in [2.45, 2.75) is 18.9 Å². The third kappa shape index (κ3) is 3.87. The molecule has 23 heavy (non-hydrogen) atoms. The Bertz CT molecular complexity index is 511. The number of piperidine rings is 1. The summed E-state index contributed by atoms with van der Waals surface area (Å²) in [6.07, 6.45) is 2.27. The summed E-state index contributed by atoms with van der Waals surface area (Å²) in [4.78, 5) is 7.09. The Hall–Kier alpha value is -1.53. The summed E-state index contributed by atoms with van der Waals surface area (Å²) in [5.41, 5.74) is 7.14. The monoisotopic (exact) mass is 322 g/mol. The van der Waals surface area contributed by atoms with E-state index >= 15 is 0 Å². The Morgan fingerprint density at radius 1 is 1.09 bits per heavy atom. The first-order chi connectivity index (χ1) is 11.2. The molecule has 3 rings (SSSR count). The molecule has 0 unspecified atom stereocenters. The molecular weight excluding hydrogens is 295 g/mol. The molecule has 0 radical (unpaired) electrons. The van der Waals surface area contributed by atoms with E-state index in [1.165, 1.54) is 0 Å². The van der Waals surface area contributed by atoms with Crippen LogP contribution in [0.1, 0.15) is 12.8 Å². The molecule has 0 amide bonds. The Kier molecular flexibility index (Phi) is 5.23. The van der Waals surface area contributed by atoms with Crippen LogP contribution in [0.2, 0.25) is 0 Å². The highest BCUT2D eigenvalue weighted by Crippen LogP contribution is 2.29. The van der Waals surface area contributed by atoms with E-state index in [2.05, 4.69) is 14.7 Å². The Morgan fingerprint density at radius 2 is 1.78 bits per heavy atom.